The van der Waals surface area contributed by atoms with Gasteiger partial charge in [0.15, 0.2) is 0 Å². The summed E-state index contributed by atoms with van der Waals surface area (Å²) in [6, 6.07) is 0. The average Bonchev–Trinajstić information content (AvgIpc) is 1.35. The van der Waals surface area contributed by atoms with Gasteiger partial charge >= 0.3 is 0 Å². The average molecular weight is 187 g/mol. The van der Waals surface area contributed by atoms with Crippen molar-refractivity contribution >= 4 is 12.4 Å². The van der Waals surface area contributed by atoms with E-state index in [4.69, 9.17) is 0 Å². The summed E-state index contributed by atoms with van der Waals surface area (Å²) in [6.45, 7) is 8.15. The molecule has 0 nitrogen and oxygen atoms in total. The first kappa shape index (κ1) is 16.0. The first-order valence-electron chi connectivity index (χ1n) is 2.56. The molecule has 0 aromatic carbocycles. The third-order valence-electron chi connectivity index (χ3n) is 0.781. The standard InChI is InChI=1S/C6H13.ClH.Zn/c1-4-5-6(2)3;;/h6H,1,4-5H2,2-3H3;1H;/q-1;;. The Hall–Kier alpha value is 0.913. The summed E-state index contributed by atoms with van der Waals surface area (Å²) in [5.41, 5.74) is 0. The minimum atomic E-state index is 0. The molecule has 0 aliphatic heterocycles. The molecule has 0 aromatic heterocycles. The zero-order chi connectivity index (χ0) is 4.99. The monoisotopic (exact) mass is 185 g/mol. The maximum absolute atomic E-state index is 3.73. The fraction of sp³-hybridized carbons (Fsp3) is 0.833. The quantitative estimate of drug-likeness (QED) is 0.460. The van der Waals surface area contributed by atoms with Gasteiger partial charge in [-0.05, 0) is 5.92 Å². The van der Waals surface area contributed by atoms with Crippen LogP contribution < -0.4 is 0 Å². The second-order valence-corrected chi connectivity index (χ2v) is 2.04. The van der Waals surface area contributed by atoms with Crippen LogP contribution >= 0.6 is 12.4 Å². The summed E-state index contributed by atoms with van der Waals surface area (Å²) >= 11 is 0. The van der Waals surface area contributed by atoms with Crippen molar-refractivity contribution in [2.24, 2.45) is 5.92 Å². The molecule has 0 atom stereocenters. The van der Waals surface area contributed by atoms with Crippen molar-refractivity contribution in [3.8, 4) is 0 Å². The van der Waals surface area contributed by atoms with Gasteiger partial charge in [-0.15, -0.1) is 12.4 Å². The zero-order valence-corrected chi connectivity index (χ0v) is 9.60. The fourth-order valence-corrected chi connectivity index (χ4v) is 0.408. The maximum atomic E-state index is 3.73. The van der Waals surface area contributed by atoms with Gasteiger partial charge in [0.1, 0.15) is 0 Å². The molecule has 0 bridgehead atoms. The van der Waals surface area contributed by atoms with E-state index >= 15 is 0 Å². The van der Waals surface area contributed by atoms with Gasteiger partial charge in [-0.25, -0.2) is 0 Å². The van der Waals surface area contributed by atoms with Gasteiger partial charge in [0.05, 0.1) is 0 Å². The van der Waals surface area contributed by atoms with E-state index in [-0.39, 0.29) is 31.9 Å². The van der Waals surface area contributed by atoms with E-state index in [9.17, 15) is 0 Å². The van der Waals surface area contributed by atoms with E-state index in [0.717, 1.165) is 12.3 Å². The van der Waals surface area contributed by atoms with Crippen LogP contribution in [-0.4, -0.2) is 0 Å². The summed E-state index contributed by atoms with van der Waals surface area (Å²) in [7, 11) is 0. The van der Waals surface area contributed by atoms with E-state index in [2.05, 4.69) is 20.8 Å². The molecular formula is C6H14ClZn-. The number of hydrogen-bond acceptors (Lipinski definition) is 0. The molecule has 8 heavy (non-hydrogen) atoms. The van der Waals surface area contributed by atoms with Gasteiger partial charge < -0.3 is 6.92 Å². The van der Waals surface area contributed by atoms with Crippen molar-refractivity contribution < 1.29 is 19.5 Å². The van der Waals surface area contributed by atoms with Gasteiger partial charge in [0, 0.05) is 19.5 Å². The van der Waals surface area contributed by atoms with Gasteiger partial charge in [0.25, 0.3) is 0 Å². The molecule has 48 valence electrons. The molecule has 0 amide bonds. The second kappa shape index (κ2) is 10.8. The second-order valence-electron chi connectivity index (χ2n) is 2.04. The largest absolute Gasteiger partial charge is 0.343 e. The Kier molecular flexibility index (Phi) is 21.6. The number of halogens is 1. The van der Waals surface area contributed by atoms with E-state index < -0.39 is 0 Å². The van der Waals surface area contributed by atoms with Crippen LogP contribution in [0.1, 0.15) is 26.7 Å². The van der Waals surface area contributed by atoms with Crippen LogP contribution in [0.2, 0.25) is 0 Å². The molecule has 0 spiro atoms. The van der Waals surface area contributed by atoms with Crippen LogP contribution in [-0.2, 0) is 19.5 Å². The number of rotatable bonds is 2. The Balaban J connectivity index is -0.000000125. The van der Waals surface area contributed by atoms with Crippen LogP contribution in [0.5, 0.6) is 0 Å². The van der Waals surface area contributed by atoms with Crippen molar-refractivity contribution in [2.75, 3.05) is 0 Å². The van der Waals surface area contributed by atoms with Gasteiger partial charge in [-0.2, -0.15) is 6.42 Å². The zero-order valence-electron chi connectivity index (χ0n) is 5.81. The maximum Gasteiger partial charge on any atom is 0 e. The smallest absolute Gasteiger partial charge is 0 e. The Labute approximate surface area is 71.6 Å². The van der Waals surface area contributed by atoms with Gasteiger partial charge in [-0.3, -0.25) is 0 Å². The van der Waals surface area contributed by atoms with Crippen LogP contribution in [0.3, 0.4) is 0 Å². The van der Waals surface area contributed by atoms with Crippen LogP contribution in [0.4, 0.5) is 0 Å². The molecular weight excluding hydrogens is 173 g/mol. The van der Waals surface area contributed by atoms with E-state index in [0.29, 0.717) is 0 Å². The van der Waals surface area contributed by atoms with Crippen LogP contribution in [0, 0.1) is 12.8 Å². The summed E-state index contributed by atoms with van der Waals surface area (Å²) in [4.78, 5) is 0. The normalized spacial score (nSPS) is 7.50. The van der Waals surface area contributed by atoms with Crippen LogP contribution in [0.15, 0.2) is 0 Å². The Bertz CT molecular complexity index is 29.7. The molecule has 0 heterocycles. The van der Waals surface area contributed by atoms with Crippen molar-refractivity contribution in [3.63, 3.8) is 0 Å². The Morgan fingerprint density at radius 1 is 1.38 bits per heavy atom. The van der Waals surface area contributed by atoms with E-state index in [1.165, 1.54) is 6.42 Å². The summed E-state index contributed by atoms with van der Waals surface area (Å²) in [5, 5.41) is 0. The SMILES string of the molecule is Cl.[CH2-]CCC(C)C.[Zn]. The first-order chi connectivity index (χ1) is 2.77. The third kappa shape index (κ3) is 15.8. The third-order valence-corrected chi connectivity index (χ3v) is 0.781. The van der Waals surface area contributed by atoms with Gasteiger partial charge in [-0.1, -0.05) is 20.3 Å². The molecule has 0 radical (unpaired) electrons. The molecule has 0 aromatic rings. The van der Waals surface area contributed by atoms with Crippen molar-refractivity contribution in [2.45, 2.75) is 26.7 Å². The minimum Gasteiger partial charge on any atom is -0.343 e. The Morgan fingerprint density at radius 3 is 1.75 bits per heavy atom. The van der Waals surface area contributed by atoms with E-state index in [1.54, 1.807) is 0 Å². The predicted molar refractivity (Wildman–Crippen MR) is 36.7 cm³/mol. The van der Waals surface area contributed by atoms with Gasteiger partial charge in [0.2, 0.25) is 0 Å². The molecule has 0 saturated heterocycles. The molecule has 0 aliphatic rings. The Morgan fingerprint density at radius 2 is 1.75 bits per heavy atom. The van der Waals surface area contributed by atoms with Crippen molar-refractivity contribution in [1.29, 1.82) is 0 Å². The number of hydrogen-bond donors (Lipinski definition) is 0. The molecule has 0 unspecified atom stereocenters. The van der Waals surface area contributed by atoms with Crippen LogP contribution in [0.25, 0.3) is 0 Å². The summed E-state index contributed by atoms with van der Waals surface area (Å²) in [6.07, 6.45) is 2.34. The predicted octanol–water partition coefficient (Wildman–Crippen LogP) is 2.68. The molecule has 0 N–H and O–H groups in total. The molecule has 0 saturated carbocycles. The molecule has 0 rings (SSSR count). The first-order valence-corrected chi connectivity index (χ1v) is 2.56. The molecule has 2 heteroatoms. The van der Waals surface area contributed by atoms with E-state index in [1.807, 2.05) is 0 Å². The van der Waals surface area contributed by atoms with Crippen molar-refractivity contribution in [1.82, 2.24) is 0 Å². The fourth-order valence-electron chi connectivity index (χ4n) is 0.408. The molecule has 0 aliphatic carbocycles. The summed E-state index contributed by atoms with van der Waals surface area (Å²) < 4.78 is 0. The topological polar surface area (TPSA) is 0 Å². The molecule has 0 fully saturated rings. The van der Waals surface area contributed by atoms with Crippen molar-refractivity contribution in [3.05, 3.63) is 6.92 Å². The summed E-state index contributed by atoms with van der Waals surface area (Å²) in [5.74, 6) is 0.836. The minimum absolute atomic E-state index is 0.